The van der Waals surface area contributed by atoms with E-state index in [2.05, 4.69) is 41.9 Å². The fourth-order valence-electron chi connectivity index (χ4n) is 3.64. The molecule has 0 atom stereocenters. The van der Waals surface area contributed by atoms with Gasteiger partial charge in [0.2, 0.25) is 0 Å². The summed E-state index contributed by atoms with van der Waals surface area (Å²) in [5.74, 6) is 1.46. The first-order chi connectivity index (χ1) is 17.3. The Balaban J connectivity index is 1.71. The van der Waals surface area contributed by atoms with Crippen molar-refractivity contribution < 1.29 is 9.47 Å². The van der Waals surface area contributed by atoms with Crippen molar-refractivity contribution in [3.63, 3.8) is 0 Å². The van der Waals surface area contributed by atoms with Gasteiger partial charge in [-0.3, -0.25) is 4.79 Å². The Hall–Kier alpha value is -2.68. The molecule has 1 heterocycles. The first kappa shape index (κ1) is 26.4. The van der Waals surface area contributed by atoms with Crippen LogP contribution in [0.3, 0.4) is 0 Å². The van der Waals surface area contributed by atoms with Gasteiger partial charge in [-0.25, -0.2) is 4.98 Å². The lowest BCUT2D eigenvalue weighted by Gasteiger charge is -2.15. The van der Waals surface area contributed by atoms with Crippen molar-refractivity contribution in [3.05, 3.63) is 95.4 Å². The second kappa shape index (κ2) is 11.6. The minimum absolute atomic E-state index is 0.242. The number of hydrogen-bond acceptors (Lipinski definition) is 5. The highest BCUT2D eigenvalue weighted by molar-refractivity contribution is 9.10. The molecule has 4 rings (SSSR count). The van der Waals surface area contributed by atoms with Crippen LogP contribution in [0.1, 0.15) is 35.9 Å². The lowest BCUT2D eigenvalue weighted by molar-refractivity contribution is 0.284. The Labute approximate surface area is 231 Å². The van der Waals surface area contributed by atoms with Crippen LogP contribution in [0.4, 0.5) is 0 Å². The van der Waals surface area contributed by atoms with Crippen molar-refractivity contribution in [2.24, 2.45) is 5.10 Å². The first-order valence-electron chi connectivity index (χ1n) is 11.3. The lowest BCUT2D eigenvalue weighted by atomic mass is 10.1. The van der Waals surface area contributed by atoms with Gasteiger partial charge in [0, 0.05) is 20.9 Å². The predicted molar refractivity (Wildman–Crippen MR) is 152 cm³/mol. The molecule has 0 unspecified atom stereocenters. The number of halogens is 3. The third-order valence-electron chi connectivity index (χ3n) is 5.54. The molecule has 6 nitrogen and oxygen atoms in total. The Morgan fingerprint density at radius 1 is 1.14 bits per heavy atom. The quantitative estimate of drug-likeness (QED) is 0.191. The van der Waals surface area contributed by atoms with E-state index in [-0.39, 0.29) is 5.56 Å². The van der Waals surface area contributed by atoms with Crippen LogP contribution in [0, 0.1) is 6.92 Å². The molecule has 0 fully saturated rings. The van der Waals surface area contributed by atoms with Gasteiger partial charge < -0.3 is 9.47 Å². The molecule has 0 N–H and O–H groups in total. The topological polar surface area (TPSA) is 65.7 Å². The van der Waals surface area contributed by atoms with Gasteiger partial charge in [-0.2, -0.15) is 9.78 Å². The van der Waals surface area contributed by atoms with Crippen molar-refractivity contribution >= 4 is 60.6 Å². The van der Waals surface area contributed by atoms with Crippen molar-refractivity contribution in [1.29, 1.82) is 0 Å². The Morgan fingerprint density at radius 3 is 2.58 bits per heavy atom. The van der Waals surface area contributed by atoms with Crippen LogP contribution in [-0.4, -0.2) is 23.0 Å². The van der Waals surface area contributed by atoms with E-state index in [1.165, 1.54) is 10.2 Å². The van der Waals surface area contributed by atoms with Crippen LogP contribution >= 0.6 is 43.5 Å². The Bertz CT molecular complexity index is 1500. The molecule has 0 amide bonds. The van der Waals surface area contributed by atoms with Crippen LogP contribution in [0.2, 0.25) is 5.02 Å². The van der Waals surface area contributed by atoms with E-state index < -0.39 is 0 Å². The summed E-state index contributed by atoms with van der Waals surface area (Å²) in [6.45, 7) is 4.40. The van der Waals surface area contributed by atoms with Crippen molar-refractivity contribution in [2.75, 3.05) is 7.11 Å². The van der Waals surface area contributed by atoms with Crippen LogP contribution in [0.15, 0.2) is 67.4 Å². The number of nitrogens with zero attached hydrogens (tertiary/aromatic N) is 3. The predicted octanol–water partition coefficient (Wildman–Crippen LogP) is 7.31. The van der Waals surface area contributed by atoms with Crippen LogP contribution in [-0.2, 0) is 13.0 Å². The zero-order chi connectivity index (χ0) is 25.8. The van der Waals surface area contributed by atoms with Crippen molar-refractivity contribution in [2.45, 2.75) is 33.3 Å². The summed E-state index contributed by atoms with van der Waals surface area (Å²) in [4.78, 5) is 17.9. The summed E-state index contributed by atoms with van der Waals surface area (Å²) < 4.78 is 14.3. The monoisotopic (exact) mass is 631 g/mol. The van der Waals surface area contributed by atoms with E-state index >= 15 is 0 Å². The minimum Gasteiger partial charge on any atom is -0.493 e. The van der Waals surface area contributed by atoms with Gasteiger partial charge in [0.1, 0.15) is 17.5 Å². The van der Waals surface area contributed by atoms with Crippen LogP contribution in [0.5, 0.6) is 11.5 Å². The molecule has 9 heteroatoms. The number of fused-ring (bicyclic) bond motifs is 1. The van der Waals surface area contributed by atoms with E-state index in [0.717, 1.165) is 16.5 Å². The lowest BCUT2D eigenvalue weighted by Crippen LogP contribution is -2.22. The number of benzene rings is 3. The average molecular weight is 634 g/mol. The molecule has 0 saturated carbocycles. The van der Waals surface area contributed by atoms with E-state index in [1.54, 1.807) is 25.5 Å². The summed E-state index contributed by atoms with van der Waals surface area (Å²) >= 11 is 13.6. The van der Waals surface area contributed by atoms with E-state index in [4.69, 9.17) is 21.1 Å². The molecule has 0 saturated heterocycles. The average Bonchev–Trinajstić information content (AvgIpc) is 2.87. The second-order valence-corrected chi connectivity index (χ2v) is 10.3. The summed E-state index contributed by atoms with van der Waals surface area (Å²) in [6, 6.07) is 15.3. The van der Waals surface area contributed by atoms with Crippen molar-refractivity contribution in [3.8, 4) is 11.5 Å². The fraction of sp³-hybridized carbons (Fsp3) is 0.222. The zero-order valence-corrected chi connectivity index (χ0v) is 23.9. The summed E-state index contributed by atoms with van der Waals surface area (Å²) in [7, 11) is 1.55. The molecular weight excluding hydrogens is 610 g/mol. The summed E-state index contributed by atoms with van der Waals surface area (Å²) in [5.41, 5.74) is 3.21. The molecule has 0 aliphatic heterocycles. The Morgan fingerprint density at radius 2 is 1.89 bits per heavy atom. The molecule has 186 valence electrons. The molecule has 4 aromatic rings. The van der Waals surface area contributed by atoms with E-state index in [1.807, 2.05) is 50.2 Å². The Kier molecular flexibility index (Phi) is 8.49. The number of aromatic nitrogens is 2. The molecule has 1 aromatic heterocycles. The largest absolute Gasteiger partial charge is 0.493 e. The number of methoxy groups -OCH3 is 1. The third kappa shape index (κ3) is 5.66. The van der Waals surface area contributed by atoms with Gasteiger partial charge in [-0.1, -0.05) is 64.3 Å². The maximum absolute atomic E-state index is 13.3. The van der Waals surface area contributed by atoms with Gasteiger partial charge in [-0.15, -0.1) is 0 Å². The van der Waals surface area contributed by atoms with Crippen molar-refractivity contribution in [1.82, 2.24) is 9.66 Å². The standard InChI is InChI=1S/C27H24Br2ClN3O3/c1-4-5-23-32-21-11-10-19(28)13-20(21)27(34)33(23)31-14-18-12-22(35-3)26(25(30)24(18)29)36-15-17-8-6-16(2)7-9-17/h6-14H,4-5,15H2,1-3H3. The van der Waals surface area contributed by atoms with Gasteiger partial charge >= 0.3 is 0 Å². The smallest absolute Gasteiger partial charge is 0.282 e. The highest BCUT2D eigenvalue weighted by atomic mass is 79.9. The normalized spacial score (nSPS) is 11.4. The molecule has 0 bridgehead atoms. The van der Waals surface area contributed by atoms with Crippen LogP contribution in [0.25, 0.3) is 10.9 Å². The maximum Gasteiger partial charge on any atom is 0.282 e. The molecule has 0 spiro atoms. The molecule has 0 aliphatic rings. The molecular formula is C27H24Br2ClN3O3. The molecule has 36 heavy (non-hydrogen) atoms. The second-order valence-electron chi connectivity index (χ2n) is 8.20. The number of rotatable bonds is 8. The third-order valence-corrected chi connectivity index (χ3v) is 7.48. The SMILES string of the molecule is CCCc1nc2ccc(Br)cc2c(=O)n1N=Cc1cc(OC)c(OCc2ccc(C)cc2)c(Cl)c1Br. The number of hydrogen-bond donors (Lipinski definition) is 0. The minimum atomic E-state index is -0.242. The molecule has 0 radical (unpaired) electrons. The fourth-order valence-corrected chi connectivity index (χ4v) is 4.66. The van der Waals surface area contributed by atoms with E-state index in [0.29, 0.717) is 56.3 Å². The number of aryl methyl sites for hydroxylation is 2. The van der Waals surface area contributed by atoms with E-state index in [9.17, 15) is 4.79 Å². The zero-order valence-electron chi connectivity index (χ0n) is 20.0. The molecule has 3 aromatic carbocycles. The van der Waals surface area contributed by atoms with Gasteiger partial charge in [0.15, 0.2) is 11.5 Å². The highest BCUT2D eigenvalue weighted by Gasteiger charge is 2.18. The summed E-state index contributed by atoms with van der Waals surface area (Å²) in [6.07, 6.45) is 2.99. The first-order valence-corrected chi connectivity index (χ1v) is 13.3. The molecule has 0 aliphatic carbocycles. The summed E-state index contributed by atoms with van der Waals surface area (Å²) in [5, 5.41) is 5.33. The van der Waals surface area contributed by atoms with Gasteiger partial charge in [-0.05, 0) is 59.1 Å². The highest BCUT2D eigenvalue weighted by Crippen LogP contribution is 2.42. The van der Waals surface area contributed by atoms with Gasteiger partial charge in [0.05, 0.1) is 24.2 Å². The maximum atomic E-state index is 13.3. The van der Waals surface area contributed by atoms with Crippen LogP contribution < -0.4 is 15.0 Å². The number of ether oxygens (including phenoxy) is 2. The van der Waals surface area contributed by atoms with Gasteiger partial charge in [0.25, 0.3) is 5.56 Å².